The van der Waals surface area contributed by atoms with Crippen molar-refractivity contribution in [2.45, 2.75) is 46.0 Å². The van der Waals surface area contributed by atoms with E-state index in [4.69, 9.17) is 4.98 Å². The fourth-order valence-electron chi connectivity index (χ4n) is 3.89. The maximum absolute atomic E-state index is 12.4. The van der Waals surface area contributed by atoms with E-state index in [0.29, 0.717) is 12.3 Å². The molecule has 0 radical (unpaired) electrons. The van der Waals surface area contributed by atoms with E-state index in [1.54, 1.807) is 0 Å². The molecule has 0 bridgehead atoms. The molecule has 0 unspecified atom stereocenters. The van der Waals surface area contributed by atoms with Gasteiger partial charge in [0.2, 0.25) is 5.91 Å². The smallest absolute Gasteiger partial charge is 0.224 e. The van der Waals surface area contributed by atoms with Gasteiger partial charge in [-0.25, -0.2) is 4.98 Å². The second kappa shape index (κ2) is 6.94. The van der Waals surface area contributed by atoms with Crippen LogP contribution >= 0.6 is 0 Å². The molecule has 4 nitrogen and oxygen atoms in total. The molecule has 1 aliphatic carbocycles. The van der Waals surface area contributed by atoms with Crippen molar-refractivity contribution >= 4 is 17.2 Å². The van der Waals surface area contributed by atoms with Crippen LogP contribution in [0.2, 0.25) is 0 Å². The van der Waals surface area contributed by atoms with Crippen LogP contribution < -0.4 is 5.32 Å². The van der Waals surface area contributed by atoms with Crippen molar-refractivity contribution in [2.75, 3.05) is 5.32 Å². The number of benzene rings is 1. The number of imidazole rings is 1. The molecule has 0 atom stereocenters. The molecular weight excluding hydrogens is 322 g/mol. The van der Waals surface area contributed by atoms with Crippen molar-refractivity contribution in [3.63, 3.8) is 0 Å². The number of carbonyl (C=O) groups excluding carboxylic acids is 1. The predicted octanol–water partition coefficient (Wildman–Crippen LogP) is 5.14. The summed E-state index contributed by atoms with van der Waals surface area (Å²) in [6.07, 6.45) is 9.59. The number of nitrogens with zero attached hydrogens (tertiary/aromatic N) is 2. The Morgan fingerprint density at radius 3 is 2.77 bits per heavy atom. The van der Waals surface area contributed by atoms with Crippen LogP contribution in [0.4, 0.5) is 5.69 Å². The van der Waals surface area contributed by atoms with Crippen LogP contribution in [0.3, 0.4) is 0 Å². The Kier molecular flexibility index (Phi) is 4.49. The molecule has 4 rings (SSSR count). The van der Waals surface area contributed by atoms with Crippen LogP contribution in [0, 0.1) is 19.8 Å². The van der Waals surface area contributed by atoms with Gasteiger partial charge in [0.15, 0.2) is 0 Å². The third-order valence-electron chi connectivity index (χ3n) is 5.43. The number of aromatic nitrogens is 2. The van der Waals surface area contributed by atoms with Crippen LogP contribution in [0.1, 0.15) is 43.2 Å². The molecule has 1 saturated carbocycles. The van der Waals surface area contributed by atoms with Gasteiger partial charge in [-0.15, -0.1) is 0 Å². The first kappa shape index (κ1) is 16.8. The van der Waals surface area contributed by atoms with E-state index in [1.165, 1.54) is 25.7 Å². The summed E-state index contributed by atoms with van der Waals surface area (Å²) in [5.74, 6) is 0.683. The van der Waals surface area contributed by atoms with Gasteiger partial charge in [-0.1, -0.05) is 31.0 Å². The van der Waals surface area contributed by atoms with E-state index >= 15 is 0 Å². The van der Waals surface area contributed by atoms with Crippen molar-refractivity contribution in [2.24, 2.45) is 5.92 Å². The third-order valence-corrected chi connectivity index (χ3v) is 5.43. The van der Waals surface area contributed by atoms with Crippen molar-refractivity contribution in [3.05, 3.63) is 53.9 Å². The summed E-state index contributed by atoms with van der Waals surface area (Å²) in [6, 6.07) is 10.3. The number of pyridine rings is 1. The van der Waals surface area contributed by atoms with Gasteiger partial charge in [0.25, 0.3) is 0 Å². The van der Waals surface area contributed by atoms with Gasteiger partial charge in [0.1, 0.15) is 5.65 Å². The monoisotopic (exact) mass is 347 g/mol. The molecule has 3 aromatic rings. The topological polar surface area (TPSA) is 46.4 Å². The number of aryl methyl sites for hydroxylation is 2. The van der Waals surface area contributed by atoms with Gasteiger partial charge in [-0.05, 0) is 55.9 Å². The van der Waals surface area contributed by atoms with Crippen LogP contribution in [0.25, 0.3) is 16.9 Å². The van der Waals surface area contributed by atoms with Crippen LogP contribution in [0.15, 0.2) is 42.7 Å². The zero-order valence-corrected chi connectivity index (χ0v) is 15.5. The van der Waals surface area contributed by atoms with E-state index in [1.807, 2.05) is 35.9 Å². The molecule has 2 aromatic heterocycles. The second-order valence-corrected chi connectivity index (χ2v) is 7.48. The number of nitrogens with one attached hydrogen (secondary N) is 1. The first-order valence-corrected chi connectivity index (χ1v) is 9.45. The van der Waals surface area contributed by atoms with Gasteiger partial charge in [0, 0.05) is 30.1 Å². The summed E-state index contributed by atoms with van der Waals surface area (Å²) in [5.41, 5.74) is 6.03. The fraction of sp³-hybridized carbons (Fsp3) is 0.364. The number of anilines is 1. The lowest BCUT2D eigenvalue weighted by molar-refractivity contribution is -0.117. The average Bonchev–Trinajstić information content (AvgIpc) is 3.27. The summed E-state index contributed by atoms with van der Waals surface area (Å²) in [4.78, 5) is 17.2. The summed E-state index contributed by atoms with van der Waals surface area (Å²) in [6.45, 7) is 4.10. The van der Waals surface area contributed by atoms with Gasteiger partial charge < -0.3 is 9.72 Å². The van der Waals surface area contributed by atoms with E-state index in [0.717, 1.165) is 33.7 Å². The van der Waals surface area contributed by atoms with Gasteiger partial charge in [-0.2, -0.15) is 0 Å². The molecule has 1 aliphatic rings. The Bertz CT molecular complexity index is 951. The van der Waals surface area contributed by atoms with E-state index < -0.39 is 0 Å². The van der Waals surface area contributed by atoms with Gasteiger partial charge in [-0.3, -0.25) is 4.79 Å². The molecule has 2 heterocycles. The molecule has 0 spiro atoms. The highest BCUT2D eigenvalue weighted by molar-refractivity contribution is 5.92. The van der Waals surface area contributed by atoms with Crippen LogP contribution in [-0.4, -0.2) is 15.3 Å². The molecule has 26 heavy (non-hydrogen) atoms. The molecule has 4 heteroatoms. The molecule has 0 saturated heterocycles. The highest BCUT2D eigenvalue weighted by Crippen LogP contribution is 2.29. The number of hydrogen-bond acceptors (Lipinski definition) is 2. The zero-order chi connectivity index (χ0) is 18.1. The standard InChI is InChI=1S/C22H25N3O/c1-15-9-10-18(20-14-25-11-5-6-16(2)22(25)24-20)13-19(15)23-21(26)12-17-7-3-4-8-17/h5-6,9-11,13-14,17H,3-4,7-8,12H2,1-2H3,(H,23,26). The summed E-state index contributed by atoms with van der Waals surface area (Å²) in [7, 11) is 0. The Balaban J connectivity index is 1.58. The zero-order valence-electron chi connectivity index (χ0n) is 15.5. The number of fused-ring (bicyclic) bond motifs is 1. The molecule has 1 amide bonds. The molecule has 1 N–H and O–H groups in total. The quantitative estimate of drug-likeness (QED) is 0.710. The molecule has 134 valence electrons. The minimum atomic E-state index is 0.128. The van der Waals surface area contributed by atoms with Crippen molar-refractivity contribution in [1.29, 1.82) is 0 Å². The molecule has 0 aliphatic heterocycles. The second-order valence-electron chi connectivity index (χ2n) is 7.48. The Labute approximate surface area is 154 Å². The number of carbonyl (C=O) groups is 1. The Morgan fingerprint density at radius 1 is 1.19 bits per heavy atom. The van der Waals surface area contributed by atoms with E-state index in [9.17, 15) is 4.79 Å². The minimum Gasteiger partial charge on any atom is -0.326 e. The van der Waals surface area contributed by atoms with Crippen LogP contribution in [-0.2, 0) is 4.79 Å². The highest BCUT2D eigenvalue weighted by Gasteiger charge is 2.19. The summed E-state index contributed by atoms with van der Waals surface area (Å²) < 4.78 is 2.04. The van der Waals surface area contributed by atoms with Crippen molar-refractivity contribution in [3.8, 4) is 11.3 Å². The Morgan fingerprint density at radius 2 is 2.00 bits per heavy atom. The first-order chi connectivity index (χ1) is 12.6. The van der Waals surface area contributed by atoms with E-state index in [-0.39, 0.29) is 5.91 Å². The van der Waals surface area contributed by atoms with E-state index in [2.05, 4.69) is 30.4 Å². The maximum Gasteiger partial charge on any atom is 0.224 e. The average molecular weight is 347 g/mol. The van der Waals surface area contributed by atoms with Gasteiger partial charge in [0.05, 0.1) is 5.69 Å². The lowest BCUT2D eigenvalue weighted by atomic mass is 10.0. The fourth-order valence-corrected chi connectivity index (χ4v) is 3.89. The van der Waals surface area contributed by atoms with Crippen molar-refractivity contribution < 1.29 is 4.79 Å². The molecule has 1 aromatic carbocycles. The number of hydrogen-bond donors (Lipinski definition) is 1. The van der Waals surface area contributed by atoms with Crippen molar-refractivity contribution in [1.82, 2.24) is 9.38 Å². The minimum absolute atomic E-state index is 0.128. The largest absolute Gasteiger partial charge is 0.326 e. The van der Waals surface area contributed by atoms with Gasteiger partial charge >= 0.3 is 0 Å². The maximum atomic E-state index is 12.4. The summed E-state index contributed by atoms with van der Waals surface area (Å²) >= 11 is 0. The Hall–Kier alpha value is -2.62. The molecule has 1 fully saturated rings. The predicted molar refractivity (Wildman–Crippen MR) is 105 cm³/mol. The lowest BCUT2D eigenvalue weighted by Crippen LogP contribution is -2.15. The normalized spacial score (nSPS) is 14.8. The highest BCUT2D eigenvalue weighted by atomic mass is 16.1. The van der Waals surface area contributed by atoms with Crippen LogP contribution in [0.5, 0.6) is 0 Å². The number of rotatable bonds is 4. The third kappa shape index (κ3) is 3.36. The summed E-state index contributed by atoms with van der Waals surface area (Å²) in [5, 5.41) is 3.12. The number of amides is 1. The molecular formula is C22H25N3O. The lowest BCUT2D eigenvalue weighted by Gasteiger charge is -2.12. The SMILES string of the molecule is Cc1ccc(-c2cn3cccc(C)c3n2)cc1NC(=O)CC1CCCC1. The first-order valence-electron chi connectivity index (χ1n) is 9.45.